The Labute approximate surface area is 134 Å². The number of amides is 2. The highest BCUT2D eigenvalue weighted by atomic mass is 35.5. The van der Waals surface area contributed by atoms with Gasteiger partial charge in [-0.2, -0.15) is 0 Å². The molecule has 1 aliphatic heterocycles. The van der Waals surface area contributed by atoms with Crippen LogP contribution in [0.25, 0.3) is 0 Å². The zero-order valence-electron chi connectivity index (χ0n) is 13.6. The van der Waals surface area contributed by atoms with E-state index in [0.717, 1.165) is 25.8 Å². The first-order valence-electron chi connectivity index (χ1n) is 7.74. The molecule has 1 rings (SSSR count). The average molecular weight is 320 g/mol. The SMILES string of the molecule is CCC(C)NC(=O)CC1(C(=O)NC(C)CC)CCNC1.Cl. The molecule has 3 unspecified atom stereocenters. The molecule has 5 nitrogen and oxygen atoms in total. The lowest BCUT2D eigenvalue weighted by atomic mass is 9.81. The van der Waals surface area contributed by atoms with Crippen LogP contribution in [0.4, 0.5) is 0 Å². The maximum absolute atomic E-state index is 12.5. The molecule has 21 heavy (non-hydrogen) atoms. The van der Waals surface area contributed by atoms with E-state index in [-0.39, 0.29) is 42.7 Å². The topological polar surface area (TPSA) is 70.2 Å². The van der Waals surface area contributed by atoms with E-state index in [1.165, 1.54) is 0 Å². The van der Waals surface area contributed by atoms with Gasteiger partial charge >= 0.3 is 0 Å². The van der Waals surface area contributed by atoms with Crippen molar-refractivity contribution in [3.8, 4) is 0 Å². The van der Waals surface area contributed by atoms with Gasteiger partial charge in [-0.15, -0.1) is 12.4 Å². The molecule has 3 atom stereocenters. The maximum atomic E-state index is 12.5. The lowest BCUT2D eigenvalue weighted by Gasteiger charge is -2.28. The highest BCUT2D eigenvalue weighted by molar-refractivity contribution is 5.89. The molecule has 0 aliphatic carbocycles. The normalized spacial score (nSPS) is 23.8. The van der Waals surface area contributed by atoms with Crippen LogP contribution in [-0.2, 0) is 9.59 Å². The molecule has 1 heterocycles. The Balaban J connectivity index is 0.00000400. The molecule has 0 radical (unpaired) electrons. The van der Waals surface area contributed by atoms with Crippen molar-refractivity contribution in [3.05, 3.63) is 0 Å². The number of hydrogen-bond acceptors (Lipinski definition) is 3. The van der Waals surface area contributed by atoms with Gasteiger partial charge in [-0.25, -0.2) is 0 Å². The van der Waals surface area contributed by atoms with Crippen molar-refractivity contribution in [1.82, 2.24) is 16.0 Å². The quantitative estimate of drug-likeness (QED) is 0.667. The minimum atomic E-state index is -0.582. The Morgan fingerprint density at radius 2 is 1.71 bits per heavy atom. The Morgan fingerprint density at radius 3 is 2.19 bits per heavy atom. The van der Waals surface area contributed by atoms with Crippen LogP contribution < -0.4 is 16.0 Å². The summed E-state index contributed by atoms with van der Waals surface area (Å²) in [5, 5.41) is 9.20. The molecule has 0 aromatic carbocycles. The Morgan fingerprint density at radius 1 is 1.14 bits per heavy atom. The zero-order chi connectivity index (χ0) is 15.2. The molecule has 1 saturated heterocycles. The van der Waals surface area contributed by atoms with Gasteiger partial charge in [-0.1, -0.05) is 13.8 Å². The van der Waals surface area contributed by atoms with Crippen molar-refractivity contribution in [2.24, 2.45) is 5.41 Å². The Bertz CT molecular complexity index is 344. The van der Waals surface area contributed by atoms with E-state index >= 15 is 0 Å². The highest BCUT2D eigenvalue weighted by Gasteiger charge is 2.43. The van der Waals surface area contributed by atoms with E-state index in [0.29, 0.717) is 6.54 Å². The lowest BCUT2D eigenvalue weighted by molar-refractivity contribution is -0.136. The van der Waals surface area contributed by atoms with Crippen LogP contribution in [0.2, 0.25) is 0 Å². The third kappa shape index (κ3) is 5.83. The summed E-state index contributed by atoms with van der Waals surface area (Å²) in [4.78, 5) is 24.6. The van der Waals surface area contributed by atoms with Gasteiger partial charge in [0.15, 0.2) is 0 Å². The first-order chi connectivity index (χ1) is 9.43. The summed E-state index contributed by atoms with van der Waals surface area (Å²) in [6, 6.07) is 0.309. The molecule has 0 spiro atoms. The highest BCUT2D eigenvalue weighted by Crippen LogP contribution is 2.30. The van der Waals surface area contributed by atoms with Crippen LogP contribution in [0.15, 0.2) is 0 Å². The number of carbonyl (C=O) groups is 2. The summed E-state index contributed by atoms with van der Waals surface area (Å²) in [6.45, 7) is 9.44. The summed E-state index contributed by atoms with van der Waals surface area (Å²) in [5.41, 5.74) is -0.582. The Hall–Kier alpha value is -0.810. The predicted octanol–water partition coefficient (Wildman–Crippen LogP) is 1.61. The van der Waals surface area contributed by atoms with Crippen LogP contribution in [-0.4, -0.2) is 37.0 Å². The van der Waals surface area contributed by atoms with Gasteiger partial charge < -0.3 is 16.0 Å². The molecule has 0 aromatic heterocycles. The predicted molar refractivity (Wildman–Crippen MR) is 87.6 cm³/mol. The first kappa shape index (κ1) is 20.2. The third-order valence-corrected chi connectivity index (χ3v) is 4.23. The summed E-state index contributed by atoms with van der Waals surface area (Å²) >= 11 is 0. The van der Waals surface area contributed by atoms with Crippen molar-refractivity contribution in [2.45, 2.75) is 65.5 Å². The number of halogens is 1. The van der Waals surface area contributed by atoms with E-state index < -0.39 is 5.41 Å². The first-order valence-corrected chi connectivity index (χ1v) is 7.74. The Kier molecular flexibility index (Phi) is 8.90. The number of carbonyl (C=O) groups excluding carboxylic acids is 2. The van der Waals surface area contributed by atoms with E-state index in [1.54, 1.807) is 0 Å². The van der Waals surface area contributed by atoms with Crippen LogP contribution >= 0.6 is 12.4 Å². The minimum absolute atomic E-state index is 0. The van der Waals surface area contributed by atoms with Gasteiger partial charge in [0, 0.05) is 25.0 Å². The van der Waals surface area contributed by atoms with Crippen molar-refractivity contribution in [3.63, 3.8) is 0 Å². The summed E-state index contributed by atoms with van der Waals surface area (Å²) < 4.78 is 0. The van der Waals surface area contributed by atoms with Gasteiger partial charge in [0.25, 0.3) is 0 Å². The molecule has 3 N–H and O–H groups in total. The molecule has 1 fully saturated rings. The van der Waals surface area contributed by atoms with Crippen LogP contribution in [0.1, 0.15) is 53.4 Å². The third-order valence-electron chi connectivity index (χ3n) is 4.23. The minimum Gasteiger partial charge on any atom is -0.354 e. The van der Waals surface area contributed by atoms with Crippen molar-refractivity contribution >= 4 is 24.2 Å². The smallest absolute Gasteiger partial charge is 0.228 e. The van der Waals surface area contributed by atoms with Gasteiger partial charge in [-0.05, 0) is 39.7 Å². The zero-order valence-corrected chi connectivity index (χ0v) is 14.4. The summed E-state index contributed by atoms with van der Waals surface area (Å²) in [6.07, 6.45) is 2.79. The molecule has 1 aliphatic rings. The summed E-state index contributed by atoms with van der Waals surface area (Å²) in [7, 11) is 0. The second-order valence-corrected chi connectivity index (χ2v) is 6.04. The summed E-state index contributed by atoms with van der Waals surface area (Å²) in [5.74, 6) is -0.0153. The van der Waals surface area contributed by atoms with Crippen molar-refractivity contribution < 1.29 is 9.59 Å². The van der Waals surface area contributed by atoms with Gasteiger partial charge in [-0.3, -0.25) is 9.59 Å². The molecule has 6 heteroatoms. The average Bonchev–Trinajstić information content (AvgIpc) is 2.87. The number of nitrogens with one attached hydrogen (secondary N) is 3. The largest absolute Gasteiger partial charge is 0.354 e. The second-order valence-electron chi connectivity index (χ2n) is 6.04. The van der Waals surface area contributed by atoms with Gasteiger partial charge in [0.1, 0.15) is 0 Å². The van der Waals surface area contributed by atoms with Crippen LogP contribution in [0.5, 0.6) is 0 Å². The van der Waals surface area contributed by atoms with Gasteiger partial charge in [0.2, 0.25) is 11.8 Å². The molecule has 0 bridgehead atoms. The van der Waals surface area contributed by atoms with E-state index in [9.17, 15) is 9.59 Å². The number of rotatable bonds is 7. The van der Waals surface area contributed by atoms with Gasteiger partial charge in [0.05, 0.1) is 5.41 Å². The molecule has 0 saturated carbocycles. The fraction of sp³-hybridized carbons (Fsp3) is 0.867. The van der Waals surface area contributed by atoms with Crippen LogP contribution in [0, 0.1) is 5.41 Å². The standard InChI is InChI=1S/C15H29N3O2.ClH/c1-5-11(3)17-13(19)9-15(7-8-16-10-15)14(20)18-12(4)6-2;/h11-12,16H,5-10H2,1-4H3,(H,17,19)(H,18,20);1H. The lowest BCUT2D eigenvalue weighted by Crippen LogP contribution is -2.48. The number of hydrogen-bond donors (Lipinski definition) is 3. The van der Waals surface area contributed by atoms with E-state index in [4.69, 9.17) is 0 Å². The fourth-order valence-corrected chi connectivity index (χ4v) is 2.38. The molecular weight excluding hydrogens is 290 g/mol. The van der Waals surface area contributed by atoms with Crippen molar-refractivity contribution in [2.75, 3.05) is 13.1 Å². The van der Waals surface area contributed by atoms with E-state index in [2.05, 4.69) is 16.0 Å². The maximum Gasteiger partial charge on any atom is 0.228 e. The fourth-order valence-electron chi connectivity index (χ4n) is 2.38. The molecular formula is C15H30ClN3O2. The van der Waals surface area contributed by atoms with Crippen LogP contribution in [0.3, 0.4) is 0 Å². The molecule has 124 valence electrons. The van der Waals surface area contributed by atoms with Crippen molar-refractivity contribution in [1.29, 1.82) is 0 Å². The molecule has 2 amide bonds. The molecule has 0 aromatic rings. The van der Waals surface area contributed by atoms with E-state index in [1.807, 2.05) is 27.7 Å². The monoisotopic (exact) mass is 319 g/mol. The second kappa shape index (κ2) is 9.26.